The van der Waals surface area contributed by atoms with Crippen LogP contribution in [0.5, 0.6) is 0 Å². The van der Waals surface area contributed by atoms with Crippen molar-refractivity contribution in [2.75, 3.05) is 0 Å². The summed E-state index contributed by atoms with van der Waals surface area (Å²) >= 11 is 0. The molecule has 0 aliphatic carbocycles. The molecular formula is C17H30O8. The number of ether oxygens (including phenoxy) is 1. The van der Waals surface area contributed by atoms with Crippen LogP contribution in [0.15, 0.2) is 12.2 Å². The molecule has 8 heteroatoms. The first-order valence-electron chi connectivity index (χ1n) is 8.60. The van der Waals surface area contributed by atoms with Gasteiger partial charge in [0.05, 0.1) is 30.5 Å². The van der Waals surface area contributed by atoms with E-state index in [0.717, 1.165) is 0 Å². The average molecular weight is 362 g/mol. The zero-order valence-corrected chi connectivity index (χ0v) is 14.7. The molecule has 1 heterocycles. The second-order valence-electron chi connectivity index (χ2n) is 6.72. The summed E-state index contributed by atoms with van der Waals surface area (Å²) in [5, 5.41) is 59.6. The molecule has 7 atom stereocenters. The standard InChI is InChI=1S/C17H30O8/c1-3-5-11(19)7-14-15(16(22)23)13(21)9-17(24,25-14)8-12(20)6-10(18)4-2/h3,5,10-15,18-21,24H,4,6-9H2,1-2H3,(H,22,23)/b5-3+. The Balaban J connectivity index is 2.87. The van der Waals surface area contributed by atoms with Crippen molar-refractivity contribution in [1.29, 1.82) is 0 Å². The van der Waals surface area contributed by atoms with Gasteiger partial charge in [0, 0.05) is 19.3 Å². The number of hydrogen-bond acceptors (Lipinski definition) is 7. The number of aliphatic hydroxyl groups excluding tert-OH is 4. The lowest BCUT2D eigenvalue weighted by atomic mass is 9.83. The third-order valence-corrected chi connectivity index (χ3v) is 4.46. The van der Waals surface area contributed by atoms with E-state index in [1.807, 2.05) is 0 Å². The zero-order chi connectivity index (χ0) is 19.2. The third-order valence-electron chi connectivity index (χ3n) is 4.46. The number of allylic oxidation sites excluding steroid dienone is 1. The average Bonchev–Trinajstić information content (AvgIpc) is 2.45. The highest BCUT2D eigenvalue weighted by molar-refractivity contribution is 5.71. The van der Waals surface area contributed by atoms with Gasteiger partial charge in [-0.1, -0.05) is 19.1 Å². The molecule has 1 aliphatic heterocycles. The van der Waals surface area contributed by atoms with Gasteiger partial charge in [-0.05, 0) is 19.8 Å². The second kappa shape index (κ2) is 9.61. The summed E-state index contributed by atoms with van der Waals surface area (Å²) in [7, 11) is 0. The number of aliphatic hydroxyl groups is 5. The van der Waals surface area contributed by atoms with Crippen LogP contribution < -0.4 is 0 Å². The van der Waals surface area contributed by atoms with Crippen molar-refractivity contribution < 1.29 is 40.2 Å². The lowest BCUT2D eigenvalue weighted by Gasteiger charge is -2.44. The zero-order valence-electron chi connectivity index (χ0n) is 14.7. The normalized spacial score (nSPS) is 34.0. The number of hydrogen-bond donors (Lipinski definition) is 6. The Labute approximate surface area is 147 Å². The summed E-state index contributed by atoms with van der Waals surface area (Å²) in [5.41, 5.74) is 0. The van der Waals surface area contributed by atoms with Gasteiger partial charge in [-0.15, -0.1) is 0 Å². The number of carboxylic acid groups (broad SMARTS) is 1. The van der Waals surface area contributed by atoms with E-state index >= 15 is 0 Å². The number of rotatable bonds is 9. The first-order chi connectivity index (χ1) is 11.6. The van der Waals surface area contributed by atoms with Gasteiger partial charge in [0.1, 0.15) is 5.92 Å². The molecule has 8 nitrogen and oxygen atoms in total. The fourth-order valence-electron chi connectivity index (χ4n) is 3.23. The van der Waals surface area contributed by atoms with Crippen molar-refractivity contribution in [3.63, 3.8) is 0 Å². The van der Waals surface area contributed by atoms with E-state index in [1.54, 1.807) is 19.9 Å². The van der Waals surface area contributed by atoms with Crippen molar-refractivity contribution >= 4 is 5.97 Å². The molecule has 0 aromatic heterocycles. The van der Waals surface area contributed by atoms with Crippen LogP contribution in [0.3, 0.4) is 0 Å². The summed E-state index contributed by atoms with van der Waals surface area (Å²) in [6, 6.07) is 0. The molecule has 1 fully saturated rings. The fourth-order valence-corrected chi connectivity index (χ4v) is 3.23. The number of carbonyl (C=O) groups is 1. The van der Waals surface area contributed by atoms with Crippen molar-refractivity contribution in [3.05, 3.63) is 12.2 Å². The Morgan fingerprint density at radius 3 is 2.48 bits per heavy atom. The molecule has 0 radical (unpaired) electrons. The topological polar surface area (TPSA) is 148 Å². The minimum atomic E-state index is -1.93. The quantitative estimate of drug-likeness (QED) is 0.308. The SMILES string of the molecule is C/C=C/C(O)CC1OC(O)(CC(O)CC(O)CC)CC(O)C1C(=O)O. The van der Waals surface area contributed by atoms with Gasteiger partial charge in [-0.2, -0.15) is 0 Å². The van der Waals surface area contributed by atoms with Crippen LogP contribution in [-0.4, -0.2) is 72.9 Å². The van der Waals surface area contributed by atoms with E-state index in [2.05, 4.69) is 0 Å². The molecule has 0 spiro atoms. The fraction of sp³-hybridized carbons (Fsp3) is 0.824. The van der Waals surface area contributed by atoms with Crippen LogP contribution in [0.1, 0.15) is 46.0 Å². The Hall–Kier alpha value is -1.03. The van der Waals surface area contributed by atoms with Crippen LogP contribution in [0.4, 0.5) is 0 Å². The van der Waals surface area contributed by atoms with Gasteiger partial charge in [0.25, 0.3) is 0 Å². The molecule has 6 N–H and O–H groups in total. The van der Waals surface area contributed by atoms with E-state index in [-0.39, 0.29) is 25.7 Å². The first kappa shape index (κ1) is 22.0. The Kier molecular flexibility index (Phi) is 8.46. The third kappa shape index (κ3) is 6.65. The maximum Gasteiger partial charge on any atom is 0.311 e. The number of aliphatic carboxylic acids is 1. The maximum atomic E-state index is 11.4. The van der Waals surface area contributed by atoms with Crippen LogP contribution in [-0.2, 0) is 9.53 Å². The lowest BCUT2D eigenvalue weighted by molar-refractivity contribution is -0.300. The summed E-state index contributed by atoms with van der Waals surface area (Å²) in [4.78, 5) is 11.4. The van der Waals surface area contributed by atoms with E-state index in [1.165, 1.54) is 6.08 Å². The Morgan fingerprint density at radius 2 is 1.96 bits per heavy atom. The summed E-state index contributed by atoms with van der Waals surface area (Å²) in [6.07, 6.45) is -2.54. The largest absolute Gasteiger partial charge is 0.481 e. The van der Waals surface area contributed by atoms with Gasteiger partial charge in [0.2, 0.25) is 0 Å². The van der Waals surface area contributed by atoms with Gasteiger partial charge >= 0.3 is 5.97 Å². The molecule has 0 aromatic carbocycles. The Bertz CT molecular complexity index is 454. The van der Waals surface area contributed by atoms with Crippen LogP contribution in [0, 0.1) is 5.92 Å². The van der Waals surface area contributed by atoms with Gasteiger partial charge in [-0.3, -0.25) is 4.79 Å². The molecule has 146 valence electrons. The van der Waals surface area contributed by atoms with Gasteiger partial charge in [-0.25, -0.2) is 0 Å². The van der Waals surface area contributed by atoms with Gasteiger partial charge < -0.3 is 35.4 Å². The highest BCUT2D eigenvalue weighted by Crippen LogP contribution is 2.37. The summed E-state index contributed by atoms with van der Waals surface area (Å²) < 4.78 is 5.50. The number of carboxylic acids is 1. The van der Waals surface area contributed by atoms with E-state index in [9.17, 15) is 35.4 Å². The van der Waals surface area contributed by atoms with Crippen molar-refractivity contribution in [1.82, 2.24) is 0 Å². The predicted octanol–water partition coefficient (Wildman–Crippen LogP) is -0.235. The summed E-state index contributed by atoms with van der Waals surface area (Å²) in [5.74, 6) is -4.51. The molecule has 1 aliphatic rings. The molecule has 1 rings (SSSR count). The molecular weight excluding hydrogens is 332 g/mol. The molecule has 1 saturated heterocycles. The molecule has 7 unspecified atom stereocenters. The van der Waals surface area contributed by atoms with Crippen molar-refractivity contribution in [2.24, 2.45) is 5.92 Å². The molecule has 0 aromatic rings. The van der Waals surface area contributed by atoms with E-state index in [4.69, 9.17) is 4.74 Å². The molecule has 0 amide bonds. The molecule has 25 heavy (non-hydrogen) atoms. The second-order valence-corrected chi connectivity index (χ2v) is 6.72. The van der Waals surface area contributed by atoms with Crippen LogP contribution in [0.2, 0.25) is 0 Å². The van der Waals surface area contributed by atoms with Crippen LogP contribution >= 0.6 is 0 Å². The van der Waals surface area contributed by atoms with Crippen molar-refractivity contribution in [2.45, 2.75) is 82.3 Å². The predicted molar refractivity (Wildman–Crippen MR) is 88.5 cm³/mol. The van der Waals surface area contributed by atoms with Crippen LogP contribution in [0.25, 0.3) is 0 Å². The molecule has 0 bridgehead atoms. The smallest absolute Gasteiger partial charge is 0.311 e. The summed E-state index contributed by atoms with van der Waals surface area (Å²) in [6.45, 7) is 3.45. The van der Waals surface area contributed by atoms with E-state index < -0.39 is 48.2 Å². The highest BCUT2D eigenvalue weighted by Gasteiger charge is 2.49. The minimum Gasteiger partial charge on any atom is -0.481 e. The first-order valence-corrected chi connectivity index (χ1v) is 8.60. The highest BCUT2D eigenvalue weighted by atomic mass is 16.6. The van der Waals surface area contributed by atoms with E-state index in [0.29, 0.717) is 6.42 Å². The minimum absolute atomic E-state index is 0.0342. The monoisotopic (exact) mass is 362 g/mol. The lowest BCUT2D eigenvalue weighted by Crippen LogP contribution is -2.55. The van der Waals surface area contributed by atoms with Gasteiger partial charge in [0.15, 0.2) is 5.79 Å². The maximum absolute atomic E-state index is 11.4. The Morgan fingerprint density at radius 1 is 1.32 bits per heavy atom. The molecule has 0 saturated carbocycles. The van der Waals surface area contributed by atoms with Crippen molar-refractivity contribution in [3.8, 4) is 0 Å².